The zero-order valence-electron chi connectivity index (χ0n) is 21.1. The first kappa shape index (κ1) is 25.6. The molecule has 0 unspecified atom stereocenters. The maximum absolute atomic E-state index is 12.6. The van der Waals surface area contributed by atoms with Crippen LogP contribution in [0.1, 0.15) is 15.9 Å². The minimum Gasteiger partial charge on any atom is -0.493 e. The van der Waals surface area contributed by atoms with Gasteiger partial charge in [0, 0.05) is 16.8 Å². The molecule has 1 aromatic heterocycles. The van der Waals surface area contributed by atoms with Crippen LogP contribution in [-0.4, -0.2) is 24.3 Å². The number of esters is 1. The van der Waals surface area contributed by atoms with E-state index in [1.807, 2.05) is 36.4 Å². The Morgan fingerprint density at radius 3 is 2.55 bits per heavy atom. The lowest BCUT2D eigenvalue weighted by molar-refractivity contribution is 0.0730. The van der Waals surface area contributed by atoms with Gasteiger partial charge in [-0.15, -0.1) is 0 Å². The van der Waals surface area contributed by atoms with E-state index in [0.717, 1.165) is 21.9 Å². The molecule has 40 heavy (non-hydrogen) atoms. The summed E-state index contributed by atoms with van der Waals surface area (Å²) in [6.45, 7) is 0. The molecule has 6 rings (SSSR count). The summed E-state index contributed by atoms with van der Waals surface area (Å²) in [6.07, 6.45) is 1.69. The molecule has 0 aliphatic heterocycles. The predicted molar refractivity (Wildman–Crippen MR) is 159 cm³/mol. The Balaban J connectivity index is 1.21. The van der Waals surface area contributed by atoms with Crippen molar-refractivity contribution in [2.75, 3.05) is 7.11 Å². The molecular formula is C32H20Cl2N2O4. The summed E-state index contributed by atoms with van der Waals surface area (Å²) < 4.78 is 17.0. The third kappa shape index (κ3) is 5.27. The molecule has 6 nitrogen and oxygen atoms in total. The van der Waals surface area contributed by atoms with Gasteiger partial charge in [-0.25, -0.2) is 9.78 Å². The van der Waals surface area contributed by atoms with Crippen molar-refractivity contribution in [3.63, 3.8) is 0 Å². The molecule has 0 aliphatic rings. The van der Waals surface area contributed by atoms with Crippen LogP contribution in [0.5, 0.6) is 11.5 Å². The first-order valence-corrected chi connectivity index (χ1v) is 13.0. The number of fused-ring (bicyclic) bond motifs is 2. The average molecular weight is 567 g/mol. The second-order valence-electron chi connectivity index (χ2n) is 8.92. The second kappa shape index (κ2) is 10.8. The predicted octanol–water partition coefficient (Wildman–Crippen LogP) is 8.93. The number of methoxy groups -OCH3 is 1. The van der Waals surface area contributed by atoms with Crippen molar-refractivity contribution < 1.29 is 18.7 Å². The van der Waals surface area contributed by atoms with Gasteiger partial charge in [0.25, 0.3) is 0 Å². The molecule has 1 heterocycles. The zero-order valence-corrected chi connectivity index (χ0v) is 22.6. The lowest BCUT2D eigenvalue weighted by atomic mass is 10.1. The molecule has 0 bridgehead atoms. The van der Waals surface area contributed by atoms with Crippen LogP contribution in [-0.2, 0) is 0 Å². The van der Waals surface area contributed by atoms with E-state index in [-0.39, 0.29) is 16.3 Å². The van der Waals surface area contributed by atoms with Crippen LogP contribution in [0.25, 0.3) is 33.3 Å². The first-order chi connectivity index (χ1) is 19.5. The number of aliphatic imine (C=N–C) groups is 1. The third-order valence-electron chi connectivity index (χ3n) is 6.27. The van der Waals surface area contributed by atoms with Crippen molar-refractivity contribution in [1.82, 2.24) is 4.98 Å². The van der Waals surface area contributed by atoms with E-state index in [9.17, 15) is 4.79 Å². The number of oxazole rings is 1. The fraction of sp³-hybridized carbons (Fsp3) is 0.0312. The second-order valence-corrected chi connectivity index (χ2v) is 9.76. The van der Waals surface area contributed by atoms with Crippen LogP contribution in [0.2, 0.25) is 10.0 Å². The molecule has 0 fully saturated rings. The Bertz CT molecular complexity index is 1930. The Labute approximate surface area is 239 Å². The molecule has 0 radical (unpaired) electrons. The van der Waals surface area contributed by atoms with Crippen LogP contribution in [0.15, 0.2) is 106 Å². The van der Waals surface area contributed by atoms with Gasteiger partial charge in [-0.2, -0.15) is 0 Å². The Morgan fingerprint density at radius 1 is 0.875 bits per heavy atom. The van der Waals surface area contributed by atoms with Crippen LogP contribution >= 0.6 is 23.2 Å². The van der Waals surface area contributed by atoms with Gasteiger partial charge in [0.05, 0.1) is 23.4 Å². The SMILES string of the molecule is COc1cc(C=Nc2ccc3oc(-c4ccc5ccccc5c4)nc3c2)ccc1OC(=O)c1ccc(Cl)cc1Cl. The van der Waals surface area contributed by atoms with Crippen molar-refractivity contribution in [2.24, 2.45) is 4.99 Å². The number of hydrogen-bond acceptors (Lipinski definition) is 6. The molecule has 5 aromatic carbocycles. The van der Waals surface area contributed by atoms with Crippen LogP contribution in [0, 0.1) is 0 Å². The van der Waals surface area contributed by atoms with Gasteiger partial charge in [0.1, 0.15) is 5.52 Å². The Kier molecular flexibility index (Phi) is 6.95. The van der Waals surface area contributed by atoms with E-state index >= 15 is 0 Å². The summed E-state index contributed by atoms with van der Waals surface area (Å²) >= 11 is 12.1. The number of aromatic nitrogens is 1. The Morgan fingerprint density at radius 2 is 1.73 bits per heavy atom. The largest absolute Gasteiger partial charge is 0.493 e. The fourth-order valence-electron chi connectivity index (χ4n) is 4.25. The highest BCUT2D eigenvalue weighted by molar-refractivity contribution is 6.36. The van der Waals surface area contributed by atoms with Gasteiger partial charge in [0.15, 0.2) is 17.1 Å². The standard InChI is InChI=1S/C32H20Cl2N2O4/c1-38-30-14-19(6-12-29(30)40-32(37)25-11-9-23(33)16-26(25)34)18-35-24-10-13-28-27(17-24)36-31(39-28)22-8-7-20-4-2-3-5-21(20)15-22/h2-18H,1H3. The number of halogens is 2. The van der Waals surface area contributed by atoms with Crippen molar-refractivity contribution >= 4 is 62.9 Å². The number of nitrogens with zero attached hydrogens (tertiary/aromatic N) is 2. The molecular weight excluding hydrogens is 547 g/mol. The van der Waals surface area contributed by atoms with Gasteiger partial charge in [-0.05, 0) is 83.1 Å². The van der Waals surface area contributed by atoms with E-state index in [2.05, 4.69) is 34.2 Å². The van der Waals surface area contributed by atoms with Gasteiger partial charge in [0.2, 0.25) is 5.89 Å². The number of hydrogen-bond donors (Lipinski definition) is 0. The molecule has 0 atom stereocenters. The fourth-order valence-corrected chi connectivity index (χ4v) is 4.74. The number of rotatable bonds is 6. The minimum absolute atomic E-state index is 0.200. The van der Waals surface area contributed by atoms with E-state index in [1.54, 1.807) is 30.5 Å². The summed E-state index contributed by atoms with van der Waals surface area (Å²) in [5.74, 6) is 0.553. The van der Waals surface area contributed by atoms with E-state index < -0.39 is 5.97 Å². The van der Waals surface area contributed by atoms with Gasteiger partial charge < -0.3 is 13.9 Å². The van der Waals surface area contributed by atoms with E-state index in [0.29, 0.717) is 33.4 Å². The third-order valence-corrected chi connectivity index (χ3v) is 6.82. The number of benzene rings is 5. The van der Waals surface area contributed by atoms with Crippen molar-refractivity contribution in [1.29, 1.82) is 0 Å². The number of carbonyl (C=O) groups excluding carboxylic acids is 1. The average Bonchev–Trinajstić information content (AvgIpc) is 3.40. The smallest absolute Gasteiger partial charge is 0.345 e. The zero-order chi connectivity index (χ0) is 27.6. The van der Waals surface area contributed by atoms with Gasteiger partial charge >= 0.3 is 5.97 Å². The summed E-state index contributed by atoms with van der Waals surface area (Å²) in [6, 6.07) is 29.6. The topological polar surface area (TPSA) is 73.9 Å². The maximum Gasteiger partial charge on any atom is 0.345 e. The minimum atomic E-state index is -0.620. The maximum atomic E-state index is 12.6. The van der Waals surface area contributed by atoms with Crippen molar-refractivity contribution in [2.45, 2.75) is 0 Å². The monoisotopic (exact) mass is 566 g/mol. The van der Waals surface area contributed by atoms with E-state index in [4.69, 9.17) is 37.1 Å². The van der Waals surface area contributed by atoms with Crippen molar-refractivity contribution in [3.8, 4) is 23.0 Å². The molecule has 0 spiro atoms. The lowest BCUT2D eigenvalue weighted by Crippen LogP contribution is -2.10. The van der Waals surface area contributed by atoms with Gasteiger partial charge in [-0.3, -0.25) is 4.99 Å². The molecule has 0 saturated heterocycles. The number of ether oxygens (including phenoxy) is 2. The van der Waals surface area contributed by atoms with Crippen LogP contribution in [0.4, 0.5) is 5.69 Å². The molecule has 196 valence electrons. The molecule has 0 amide bonds. The normalized spacial score (nSPS) is 11.4. The Hall–Kier alpha value is -4.65. The molecule has 0 saturated carbocycles. The van der Waals surface area contributed by atoms with Crippen LogP contribution in [0.3, 0.4) is 0 Å². The highest BCUT2D eigenvalue weighted by Gasteiger charge is 2.16. The highest BCUT2D eigenvalue weighted by Crippen LogP contribution is 2.31. The summed E-state index contributed by atoms with van der Waals surface area (Å²) in [4.78, 5) is 21.9. The van der Waals surface area contributed by atoms with Gasteiger partial charge in [-0.1, -0.05) is 53.5 Å². The molecule has 8 heteroatoms. The molecule has 0 aliphatic carbocycles. The lowest BCUT2D eigenvalue weighted by Gasteiger charge is -2.10. The molecule has 6 aromatic rings. The highest BCUT2D eigenvalue weighted by atomic mass is 35.5. The quantitative estimate of drug-likeness (QED) is 0.114. The van der Waals surface area contributed by atoms with E-state index in [1.165, 1.54) is 19.2 Å². The number of carbonyl (C=O) groups is 1. The summed E-state index contributed by atoms with van der Waals surface area (Å²) in [7, 11) is 1.49. The summed E-state index contributed by atoms with van der Waals surface area (Å²) in [5.41, 5.74) is 3.95. The summed E-state index contributed by atoms with van der Waals surface area (Å²) in [5, 5.41) is 2.91. The molecule has 0 N–H and O–H groups in total. The first-order valence-electron chi connectivity index (χ1n) is 12.3. The van der Waals surface area contributed by atoms with Crippen LogP contribution < -0.4 is 9.47 Å². The van der Waals surface area contributed by atoms with Crippen molar-refractivity contribution in [3.05, 3.63) is 118 Å².